The number of primary amides is 1. The second-order valence-electron chi connectivity index (χ2n) is 1.63. The average Bonchev–Trinajstić information content (AvgIpc) is 2.12. The number of nitrogens with zero attached hydrogens (tertiary/aromatic N) is 1. The maximum absolute atomic E-state index is 10.4. The third-order valence-corrected chi connectivity index (χ3v) is 0.908. The normalized spacial score (nSPS) is 12.8. The standard InChI is InChI=1S/C6H6N2O2.2ClH/c7-6(9)5-3-1-2-4-10-8-5;;/h1-4H,(H2,7,9);2*1H. The van der Waals surface area contributed by atoms with Crippen molar-refractivity contribution < 1.29 is 9.63 Å². The lowest BCUT2D eigenvalue weighted by Gasteiger charge is -1.89. The fourth-order valence-electron chi connectivity index (χ4n) is 0.472. The highest BCUT2D eigenvalue weighted by Crippen LogP contribution is 1.91. The first-order chi connectivity index (χ1) is 4.80. The smallest absolute Gasteiger partial charge is 0.270 e. The Labute approximate surface area is 81.9 Å². The zero-order chi connectivity index (χ0) is 7.40. The summed E-state index contributed by atoms with van der Waals surface area (Å²) in [5, 5.41) is 3.39. The van der Waals surface area contributed by atoms with Crippen LogP contribution in [0.1, 0.15) is 0 Å². The van der Waals surface area contributed by atoms with Crippen molar-refractivity contribution in [3.8, 4) is 0 Å². The van der Waals surface area contributed by atoms with Gasteiger partial charge in [-0.05, 0) is 12.2 Å². The van der Waals surface area contributed by atoms with Gasteiger partial charge in [0.05, 0.1) is 0 Å². The minimum absolute atomic E-state index is 0. The van der Waals surface area contributed by atoms with Crippen LogP contribution in [-0.4, -0.2) is 11.6 Å². The number of amides is 1. The summed E-state index contributed by atoms with van der Waals surface area (Å²) in [7, 11) is 0. The molecule has 68 valence electrons. The van der Waals surface area contributed by atoms with E-state index < -0.39 is 5.91 Å². The first-order valence-electron chi connectivity index (χ1n) is 2.67. The van der Waals surface area contributed by atoms with Crippen LogP contribution in [0.4, 0.5) is 0 Å². The number of hydrogen-bond acceptors (Lipinski definition) is 3. The molecule has 0 aliphatic carbocycles. The van der Waals surface area contributed by atoms with Crippen molar-refractivity contribution in [1.82, 2.24) is 0 Å². The zero-order valence-electron chi connectivity index (χ0n) is 5.97. The minimum Gasteiger partial charge on any atom is -0.364 e. The van der Waals surface area contributed by atoms with Gasteiger partial charge in [0, 0.05) is 0 Å². The minimum atomic E-state index is -0.597. The van der Waals surface area contributed by atoms with Gasteiger partial charge in [-0.25, -0.2) is 0 Å². The molecule has 1 heterocycles. The summed E-state index contributed by atoms with van der Waals surface area (Å²) in [4.78, 5) is 15.0. The number of carbonyl (C=O) groups excluding carboxylic acids is 1. The molecule has 6 heteroatoms. The van der Waals surface area contributed by atoms with E-state index in [4.69, 9.17) is 5.73 Å². The largest absolute Gasteiger partial charge is 0.364 e. The molecule has 1 aliphatic heterocycles. The third-order valence-electron chi connectivity index (χ3n) is 0.908. The predicted molar refractivity (Wildman–Crippen MR) is 50.5 cm³/mol. The third kappa shape index (κ3) is 4.00. The molecule has 0 atom stereocenters. The van der Waals surface area contributed by atoms with Crippen LogP contribution in [0.15, 0.2) is 29.6 Å². The molecule has 12 heavy (non-hydrogen) atoms. The van der Waals surface area contributed by atoms with Crippen molar-refractivity contribution in [2.24, 2.45) is 10.9 Å². The molecule has 0 saturated heterocycles. The zero-order valence-corrected chi connectivity index (χ0v) is 7.60. The van der Waals surface area contributed by atoms with E-state index in [1.165, 1.54) is 12.3 Å². The molecule has 0 aromatic carbocycles. The number of nitrogens with two attached hydrogens (primary N) is 1. The van der Waals surface area contributed by atoms with E-state index in [0.29, 0.717) is 0 Å². The van der Waals surface area contributed by atoms with Crippen molar-refractivity contribution >= 4 is 36.4 Å². The van der Waals surface area contributed by atoms with Gasteiger partial charge in [0.1, 0.15) is 6.26 Å². The summed E-state index contributed by atoms with van der Waals surface area (Å²) in [5.74, 6) is -0.597. The lowest BCUT2D eigenvalue weighted by molar-refractivity contribution is -0.112. The molecule has 1 amide bonds. The molecule has 0 fully saturated rings. The Bertz CT molecular complexity index is 236. The van der Waals surface area contributed by atoms with Gasteiger partial charge >= 0.3 is 0 Å². The van der Waals surface area contributed by atoms with Gasteiger partial charge in [-0.15, -0.1) is 24.8 Å². The molecular weight excluding hydrogens is 203 g/mol. The molecule has 1 aliphatic rings. The van der Waals surface area contributed by atoms with Crippen molar-refractivity contribution in [3.05, 3.63) is 24.5 Å². The number of rotatable bonds is 1. The quantitative estimate of drug-likeness (QED) is 0.696. The van der Waals surface area contributed by atoms with Gasteiger partial charge in [-0.1, -0.05) is 11.2 Å². The maximum atomic E-state index is 10.4. The Morgan fingerprint density at radius 2 is 2.08 bits per heavy atom. The second-order valence-corrected chi connectivity index (χ2v) is 1.63. The highest BCUT2D eigenvalue weighted by molar-refractivity contribution is 6.42. The van der Waals surface area contributed by atoms with E-state index in [0.717, 1.165) is 0 Å². The summed E-state index contributed by atoms with van der Waals surface area (Å²) in [6, 6.07) is 0. The molecule has 0 spiro atoms. The van der Waals surface area contributed by atoms with Crippen molar-refractivity contribution in [2.75, 3.05) is 0 Å². The van der Waals surface area contributed by atoms with Crippen LogP contribution in [0.25, 0.3) is 0 Å². The maximum Gasteiger partial charge on any atom is 0.270 e. The van der Waals surface area contributed by atoms with E-state index in [9.17, 15) is 4.79 Å². The fraction of sp³-hybridized carbons (Fsp3) is 0. The lowest BCUT2D eigenvalue weighted by atomic mass is 10.3. The van der Waals surface area contributed by atoms with Crippen molar-refractivity contribution in [3.63, 3.8) is 0 Å². The highest BCUT2D eigenvalue weighted by atomic mass is 35.5. The number of halogens is 2. The Hall–Kier alpha value is -1.00. The summed E-state index contributed by atoms with van der Waals surface area (Å²) >= 11 is 0. The predicted octanol–water partition coefficient (Wildman–Crippen LogP) is 0.771. The molecule has 2 N–H and O–H groups in total. The van der Waals surface area contributed by atoms with Crippen LogP contribution in [-0.2, 0) is 9.63 Å². The summed E-state index contributed by atoms with van der Waals surface area (Å²) in [6.07, 6.45) is 6.06. The van der Waals surface area contributed by atoms with Crippen LogP contribution in [0.5, 0.6) is 0 Å². The van der Waals surface area contributed by atoms with Crippen LogP contribution in [0, 0.1) is 0 Å². The number of carbonyl (C=O) groups is 1. The van der Waals surface area contributed by atoms with E-state index in [1.54, 1.807) is 12.2 Å². The van der Waals surface area contributed by atoms with Gasteiger partial charge in [-0.2, -0.15) is 0 Å². The Morgan fingerprint density at radius 1 is 1.42 bits per heavy atom. The van der Waals surface area contributed by atoms with Crippen molar-refractivity contribution in [1.29, 1.82) is 0 Å². The van der Waals surface area contributed by atoms with E-state index in [2.05, 4.69) is 9.99 Å². The number of hydrogen-bond donors (Lipinski definition) is 1. The molecule has 0 unspecified atom stereocenters. The molecule has 0 bridgehead atoms. The van der Waals surface area contributed by atoms with Crippen LogP contribution < -0.4 is 5.73 Å². The van der Waals surface area contributed by atoms with Gasteiger partial charge < -0.3 is 10.6 Å². The van der Waals surface area contributed by atoms with Gasteiger partial charge in [-0.3, -0.25) is 4.79 Å². The lowest BCUT2D eigenvalue weighted by Crippen LogP contribution is -2.21. The summed E-state index contributed by atoms with van der Waals surface area (Å²) < 4.78 is 0. The molecule has 0 aromatic heterocycles. The summed E-state index contributed by atoms with van der Waals surface area (Å²) in [6.45, 7) is 0. The number of oxime groups is 1. The second kappa shape index (κ2) is 6.69. The SMILES string of the molecule is Cl.Cl.NC(=O)C1=NOC=CC=C1. The summed E-state index contributed by atoms with van der Waals surface area (Å²) in [5.41, 5.74) is 5.02. The van der Waals surface area contributed by atoms with E-state index in [1.807, 2.05) is 0 Å². The van der Waals surface area contributed by atoms with Gasteiger partial charge in [0.25, 0.3) is 5.91 Å². The molecule has 0 aromatic rings. The van der Waals surface area contributed by atoms with Crippen molar-refractivity contribution in [2.45, 2.75) is 0 Å². The van der Waals surface area contributed by atoms with Crippen LogP contribution in [0.3, 0.4) is 0 Å². The molecule has 0 radical (unpaired) electrons. The van der Waals surface area contributed by atoms with Crippen LogP contribution in [0.2, 0.25) is 0 Å². The van der Waals surface area contributed by atoms with E-state index >= 15 is 0 Å². The monoisotopic (exact) mass is 210 g/mol. The van der Waals surface area contributed by atoms with Gasteiger partial charge in [0.2, 0.25) is 0 Å². The highest BCUT2D eigenvalue weighted by Gasteiger charge is 2.02. The Balaban J connectivity index is 0. The van der Waals surface area contributed by atoms with E-state index in [-0.39, 0.29) is 30.5 Å². The molecule has 0 saturated carbocycles. The van der Waals surface area contributed by atoms with Gasteiger partial charge in [0.15, 0.2) is 5.71 Å². The number of allylic oxidation sites excluding steroid dienone is 2. The molecular formula is C6H8Cl2N2O2. The molecule has 1 rings (SSSR count). The average molecular weight is 211 g/mol. The first-order valence-corrected chi connectivity index (χ1v) is 2.67. The Morgan fingerprint density at radius 3 is 2.67 bits per heavy atom. The fourth-order valence-corrected chi connectivity index (χ4v) is 0.472. The van der Waals surface area contributed by atoms with Crippen LogP contribution >= 0.6 is 24.8 Å². The molecule has 4 nitrogen and oxygen atoms in total. The topological polar surface area (TPSA) is 64.7 Å². The Kier molecular flexibility index (Phi) is 7.58. The first kappa shape index (κ1) is 13.6.